The fourth-order valence-electron chi connectivity index (χ4n) is 2.75. The summed E-state index contributed by atoms with van der Waals surface area (Å²) in [7, 11) is 4.20. The summed E-state index contributed by atoms with van der Waals surface area (Å²) in [5.74, 6) is 1.07. The van der Waals surface area contributed by atoms with Gasteiger partial charge in [-0.2, -0.15) is 0 Å². The van der Waals surface area contributed by atoms with Crippen molar-refractivity contribution in [3.63, 3.8) is 0 Å². The molecule has 3 rings (SSSR count). The molecular weight excluding hydrogens is 238 g/mol. The fourth-order valence-corrected chi connectivity index (χ4v) is 2.75. The van der Waals surface area contributed by atoms with Crippen molar-refractivity contribution in [2.75, 3.05) is 27.2 Å². The van der Waals surface area contributed by atoms with Crippen molar-refractivity contribution in [3.05, 3.63) is 24.0 Å². The molecule has 0 radical (unpaired) electrons. The zero-order chi connectivity index (χ0) is 13.2. The maximum absolute atomic E-state index is 6.01. The van der Waals surface area contributed by atoms with Gasteiger partial charge in [0.25, 0.3) is 0 Å². The van der Waals surface area contributed by atoms with Crippen molar-refractivity contribution in [3.8, 4) is 5.88 Å². The minimum absolute atomic E-state index is 0.832. The van der Waals surface area contributed by atoms with Gasteiger partial charge in [0.15, 0.2) is 5.88 Å². The second-order valence-corrected chi connectivity index (χ2v) is 5.44. The Bertz CT molecular complexity index is 574. The van der Waals surface area contributed by atoms with E-state index >= 15 is 0 Å². The summed E-state index contributed by atoms with van der Waals surface area (Å²) in [5.41, 5.74) is 2.57. The second kappa shape index (κ2) is 5.21. The summed E-state index contributed by atoms with van der Waals surface area (Å²) in [4.78, 5) is 6.48. The standard InChI is InChI=1S/C15H21N3O/c1-17(2)8-9-18-14-11-16-7-6-12(14)13-5-3-4-10-19-15(13)18/h6-7,11H,3-5,8-10H2,1-2H3. The highest BCUT2D eigenvalue weighted by molar-refractivity contribution is 5.86. The third-order valence-corrected chi connectivity index (χ3v) is 3.75. The van der Waals surface area contributed by atoms with Gasteiger partial charge in [-0.05, 0) is 39.4 Å². The molecule has 102 valence electrons. The van der Waals surface area contributed by atoms with E-state index in [-0.39, 0.29) is 0 Å². The SMILES string of the molecule is CN(C)CCn1c2c(c3ccncc31)CCCCO2. The number of hydrogen-bond donors (Lipinski definition) is 0. The number of aryl methyl sites for hydroxylation is 1. The highest BCUT2D eigenvalue weighted by Crippen LogP contribution is 2.34. The van der Waals surface area contributed by atoms with Gasteiger partial charge in [0.2, 0.25) is 0 Å². The Balaban J connectivity index is 2.09. The van der Waals surface area contributed by atoms with Crippen LogP contribution in [-0.2, 0) is 13.0 Å². The van der Waals surface area contributed by atoms with Gasteiger partial charge in [-0.25, -0.2) is 0 Å². The van der Waals surface area contributed by atoms with Crippen LogP contribution in [0.15, 0.2) is 18.5 Å². The average molecular weight is 259 g/mol. The minimum Gasteiger partial charge on any atom is -0.479 e. The maximum Gasteiger partial charge on any atom is 0.197 e. The summed E-state index contributed by atoms with van der Waals surface area (Å²) in [6.45, 7) is 2.79. The maximum atomic E-state index is 6.01. The van der Waals surface area contributed by atoms with Gasteiger partial charge in [-0.1, -0.05) is 0 Å². The van der Waals surface area contributed by atoms with E-state index in [0.717, 1.165) is 38.4 Å². The molecule has 4 heteroatoms. The number of likely N-dealkylation sites (N-methyl/N-ethyl adjacent to an activating group) is 1. The molecule has 0 saturated heterocycles. The Kier molecular flexibility index (Phi) is 3.42. The Morgan fingerprint density at radius 1 is 1.37 bits per heavy atom. The van der Waals surface area contributed by atoms with E-state index in [0.29, 0.717) is 0 Å². The molecule has 0 atom stereocenters. The van der Waals surface area contributed by atoms with Gasteiger partial charge in [0.1, 0.15) is 0 Å². The van der Waals surface area contributed by atoms with Gasteiger partial charge in [-0.3, -0.25) is 4.98 Å². The van der Waals surface area contributed by atoms with Gasteiger partial charge in [0, 0.05) is 30.2 Å². The molecule has 0 fully saturated rings. The van der Waals surface area contributed by atoms with Crippen molar-refractivity contribution in [1.82, 2.24) is 14.5 Å². The van der Waals surface area contributed by atoms with E-state index < -0.39 is 0 Å². The summed E-state index contributed by atoms with van der Waals surface area (Å²) in [6.07, 6.45) is 7.31. The summed E-state index contributed by atoms with van der Waals surface area (Å²) in [5, 5.41) is 1.31. The molecule has 0 aliphatic carbocycles. The summed E-state index contributed by atoms with van der Waals surface area (Å²) < 4.78 is 8.31. The smallest absolute Gasteiger partial charge is 0.197 e. The van der Waals surface area contributed by atoms with Gasteiger partial charge in [-0.15, -0.1) is 0 Å². The highest BCUT2D eigenvalue weighted by atomic mass is 16.5. The Morgan fingerprint density at radius 3 is 3.11 bits per heavy atom. The number of hydrogen-bond acceptors (Lipinski definition) is 3. The molecular formula is C15H21N3O. The van der Waals surface area contributed by atoms with E-state index in [2.05, 4.69) is 34.6 Å². The predicted octanol–water partition coefficient (Wildman–Crippen LogP) is 2.31. The van der Waals surface area contributed by atoms with Gasteiger partial charge < -0.3 is 14.2 Å². The van der Waals surface area contributed by atoms with Crippen LogP contribution in [0.2, 0.25) is 0 Å². The quantitative estimate of drug-likeness (QED) is 0.847. The third kappa shape index (κ3) is 2.32. The van der Waals surface area contributed by atoms with Crippen molar-refractivity contribution in [2.24, 2.45) is 0 Å². The molecule has 0 saturated carbocycles. The second-order valence-electron chi connectivity index (χ2n) is 5.44. The molecule has 3 heterocycles. The predicted molar refractivity (Wildman–Crippen MR) is 76.7 cm³/mol. The normalized spacial score (nSPS) is 15.3. The topological polar surface area (TPSA) is 30.3 Å². The summed E-state index contributed by atoms with van der Waals surface area (Å²) >= 11 is 0. The molecule has 4 nitrogen and oxygen atoms in total. The molecule has 0 aromatic carbocycles. The van der Waals surface area contributed by atoms with Crippen LogP contribution in [0, 0.1) is 0 Å². The van der Waals surface area contributed by atoms with Crippen molar-refractivity contribution in [1.29, 1.82) is 0 Å². The molecule has 2 aromatic rings. The van der Waals surface area contributed by atoms with Crippen LogP contribution in [0.1, 0.15) is 18.4 Å². The van der Waals surface area contributed by atoms with Crippen molar-refractivity contribution >= 4 is 10.9 Å². The van der Waals surface area contributed by atoms with Crippen LogP contribution in [0.3, 0.4) is 0 Å². The zero-order valence-electron chi connectivity index (χ0n) is 11.7. The molecule has 0 spiro atoms. The van der Waals surface area contributed by atoms with E-state index in [9.17, 15) is 0 Å². The fraction of sp³-hybridized carbons (Fsp3) is 0.533. The monoisotopic (exact) mass is 259 g/mol. The van der Waals surface area contributed by atoms with Crippen molar-refractivity contribution in [2.45, 2.75) is 25.8 Å². The van der Waals surface area contributed by atoms with E-state index in [1.807, 2.05) is 12.4 Å². The Labute approximate surface area is 114 Å². The van der Waals surface area contributed by atoms with Crippen LogP contribution in [-0.4, -0.2) is 41.7 Å². The first-order valence-electron chi connectivity index (χ1n) is 7.00. The first-order valence-corrected chi connectivity index (χ1v) is 7.00. The lowest BCUT2D eigenvalue weighted by Crippen LogP contribution is -2.19. The van der Waals surface area contributed by atoms with E-state index in [1.54, 1.807) is 0 Å². The number of ether oxygens (including phenoxy) is 1. The van der Waals surface area contributed by atoms with Crippen LogP contribution in [0.25, 0.3) is 10.9 Å². The number of nitrogens with zero attached hydrogens (tertiary/aromatic N) is 3. The van der Waals surface area contributed by atoms with Crippen LogP contribution in [0.4, 0.5) is 0 Å². The van der Waals surface area contributed by atoms with Crippen LogP contribution in [0.5, 0.6) is 5.88 Å². The largest absolute Gasteiger partial charge is 0.479 e. The van der Waals surface area contributed by atoms with E-state index in [4.69, 9.17) is 4.74 Å². The number of aromatic nitrogens is 2. The molecule has 0 amide bonds. The lowest BCUT2D eigenvalue weighted by Gasteiger charge is -2.14. The lowest BCUT2D eigenvalue weighted by molar-refractivity contribution is 0.284. The Morgan fingerprint density at radius 2 is 2.26 bits per heavy atom. The lowest BCUT2D eigenvalue weighted by atomic mass is 10.1. The van der Waals surface area contributed by atoms with Gasteiger partial charge in [0.05, 0.1) is 18.3 Å². The number of pyridine rings is 1. The van der Waals surface area contributed by atoms with Crippen LogP contribution >= 0.6 is 0 Å². The summed E-state index contributed by atoms with van der Waals surface area (Å²) in [6, 6.07) is 2.12. The molecule has 0 unspecified atom stereocenters. The zero-order valence-corrected chi connectivity index (χ0v) is 11.7. The van der Waals surface area contributed by atoms with Gasteiger partial charge >= 0.3 is 0 Å². The highest BCUT2D eigenvalue weighted by Gasteiger charge is 2.20. The number of fused-ring (bicyclic) bond motifs is 3. The molecule has 0 bridgehead atoms. The van der Waals surface area contributed by atoms with Crippen LogP contribution < -0.4 is 4.74 Å². The van der Waals surface area contributed by atoms with E-state index in [1.165, 1.54) is 22.9 Å². The van der Waals surface area contributed by atoms with Crippen molar-refractivity contribution < 1.29 is 4.74 Å². The average Bonchev–Trinajstić information content (AvgIpc) is 2.56. The number of rotatable bonds is 3. The first kappa shape index (κ1) is 12.5. The molecule has 1 aliphatic rings. The Hall–Kier alpha value is -1.55. The first-order chi connectivity index (χ1) is 9.27. The molecule has 2 aromatic heterocycles. The molecule has 1 aliphatic heterocycles. The third-order valence-electron chi connectivity index (χ3n) is 3.75. The minimum atomic E-state index is 0.832. The molecule has 0 N–H and O–H groups in total. The molecule has 19 heavy (non-hydrogen) atoms.